The van der Waals surface area contributed by atoms with Crippen LogP contribution in [0.2, 0.25) is 0 Å². The van der Waals surface area contributed by atoms with Gasteiger partial charge < -0.3 is 9.72 Å². The third-order valence-corrected chi connectivity index (χ3v) is 5.95. The molecule has 2 heterocycles. The predicted octanol–water partition coefficient (Wildman–Crippen LogP) is 4.84. The summed E-state index contributed by atoms with van der Waals surface area (Å²) in [5, 5.41) is 22.0. The fourth-order valence-corrected chi connectivity index (χ4v) is 4.31. The zero-order chi connectivity index (χ0) is 20.5. The normalized spacial score (nSPS) is 13.6. The molecule has 5 rings (SSSR count). The SMILES string of the molecule is O=[N+]([O-])c1ccccc1OCCSc1nnc(-c2c[nH]c3ccccc23)n1C1CC1. The van der Waals surface area contributed by atoms with Gasteiger partial charge in [-0.2, -0.15) is 0 Å². The molecular formula is C21H19N5O3S. The van der Waals surface area contributed by atoms with Crippen molar-refractivity contribution in [1.82, 2.24) is 19.7 Å². The van der Waals surface area contributed by atoms with Crippen LogP contribution in [0.5, 0.6) is 5.75 Å². The zero-order valence-electron chi connectivity index (χ0n) is 16.0. The molecule has 0 radical (unpaired) electrons. The van der Waals surface area contributed by atoms with E-state index in [-0.39, 0.29) is 11.4 Å². The van der Waals surface area contributed by atoms with Gasteiger partial charge in [0.2, 0.25) is 0 Å². The topological polar surface area (TPSA) is 98.9 Å². The quantitative estimate of drug-likeness (QED) is 0.189. The van der Waals surface area contributed by atoms with E-state index in [4.69, 9.17) is 4.74 Å². The Balaban J connectivity index is 1.32. The Kier molecular flexibility index (Phi) is 4.88. The molecule has 0 atom stereocenters. The summed E-state index contributed by atoms with van der Waals surface area (Å²) in [6, 6.07) is 15.0. The molecule has 0 aliphatic heterocycles. The van der Waals surface area contributed by atoms with Gasteiger partial charge in [-0.25, -0.2) is 0 Å². The lowest BCUT2D eigenvalue weighted by Gasteiger charge is -2.09. The van der Waals surface area contributed by atoms with Crippen molar-refractivity contribution >= 4 is 28.4 Å². The maximum atomic E-state index is 11.1. The Morgan fingerprint density at radius 3 is 2.80 bits per heavy atom. The van der Waals surface area contributed by atoms with Crippen LogP contribution in [-0.2, 0) is 0 Å². The number of hydrogen-bond donors (Lipinski definition) is 1. The van der Waals surface area contributed by atoms with E-state index in [9.17, 15) is 10.1 Å². The molecule has 1 aliphatic carbocycles. The van der Waals surface area contributed by atoms with Crippen molar-refractivity contribution in [2.45, 2.75) is 24.0 Å². The molecule has 0 saturated heterocycles. The van der Waals surface area contributed by atoms with E-state index >= 15 is 0 Å². The van der Waals surface area contributed by atoms with Gasteiger partial charge in [-0.05, 0) is 25.0 Å². The number of aromatic amines is 1. The molecule has 1 N–H and O–H groups in total. The third-order valence-electron chi connectivity index (χ3n) is 5.04. The highest BCUT2D eigenvalue weighted by Gasteiger charge is 2.30. The van der Waals surface area contributed by atoms with Crippen molar-refractivity contribution < 1.29 is 9.66 Å². The van der Waals surface area contributed by atoms with Crippen LogP contribution in [0.15, 0.2) is 59.9 Å². The second-order valence-corrected chi connectivity index (χ2v) is 8.14. The first-order valence-corrected chi connectivity index (χ1v) is 10.7. The molecular weight excluding hydrogens is 402 g/mol. The number of nitrogens with zero attached hydrogens (tertiary/aromatic N) is 4. The molecule has 0 spiro atoms. The molecule has 4 aromatic rings. The first kappa shape index (κ1) is 18.7. The van der Waals surface area contributed by atoms with Crippen LogP contribution in [0, 0.1) is 10.1 Å². The number of nitrogens with one attached hydrogen (secondary N) is 1. The van der Waals surface area contributed by atoms with Gasteiger partial charge in [0.15, 0.2) is 16.7 Å². The van der Waals surface area contributed by atoms with E-state index in [0.717, 1.165) is 40.3 Å². The van der Waals surface area contributed by atoms with Gasteiger partial charge in [0.25, 0.3) is 0 Å². The van der Waals surface area contributed by atoms with Crippen LogP contribution in [0.1, 0.15) is 18.9 Å². The van der Waals surface area contributed by atoms with Crippen LogP contribution >= 0.6 is 11.8 Å². The monoisotopic (exact) mass is 421 g/mol. The summed E-state index contributed by atoms with van der Waals surface area (Å²) in [5.74, 6) is 1.77. The van der Waals surface area contributed by atoms with Gasteiger partial charge in [0.1, 0.15) is 0 Å². The smallest absolute Gasteiger partial charge is 0.310 e. The molecule has 0 bridgehead atoms. The van der Waals surface area contributed by atoms with Crippen molar-refractivity contribution in [2.24, 2.45) is 0 Å². The summed E-state index contributed by atoms with van der Waals surface area (Å²) in [6.45, 7) is 0.343. The fraction of sp³-hybridized carbons (Fsp3) is 0.238. The molecule has 2 aromatic carbocycles. The minimum atomic E-state index is -0.431. The Morgan fingerprint density at radius 2 is 1.97 bits per heavy atom. The molecule has 1 fully saturated rings. The number of ether oxygens (including phenoxy) is 1. The van der Waals surface area contributed by atoms with Crippen molar-refractivity contribution in [3.05, 3.63) is 64.8 Å². The highest BCUT2D eigenvalue weighted by Crippen LogP contribution is 2.42. The molecule has 30 heavy (non-hydrogen) atoms. The highest BCUT2D eigenvalue weighted by molar-refractivity contribution is 7.99. The third kappa shape index (κ3) is 3.52. The number of fused-ring (bicyclic) bond motifs is 1. The Hall–Kier alpha value is -3.33. The van der Waals surface area contributed by atoms with Crippen LogP contribution in [0.3, 0.4) is 0 Å². The van der Waals surface area contributed by atoms with Crippen LogP contribution in [0.25, 0.3) is 22.3 Å². The summed E-state index contributed by atoms with van der Waals surface area (Å²) < 4.78 is 7.86. The van der Waals surface area contributed by atoms with Gasteiger partial charge in [-0.3, -0.25) is 14.7 Å². The molecule has 152 valence electrons. The number of H-pyrrole nitrogens is 1. The molecule has 0 unspecified atom stereocenters. The number of hydrogen-bond acceptors (Lipinski definition) is 6. The summed E-state index contributed by atoms with van der Waals surface area (Å²) in [7, 11) is 0. The lowest BCUT2D eigenvalue weighted by molar-refractivity contribution is -0.385. The number of para-hydroxylation sites is 3. The average molecular weight is 421 g/mol. The number of nitro groups is 1. The van der Waals surface area contributed by atoms with Gasteiger partial charge >= 0.3 is 5.69 Å². The number of rotatable bonds is 8. The van der Waals surface area contributed by atoms with E-state index in [1.165, 1.54) is 6.07 Å². The number of benzene rings is 2. The van der Waals surface area contributed by atoms with E-state index in [1.807, 2.05) is 24.4 Å². The van der Waals surface area contributed by atoms with Crippen LogP contribution in [-0.4, -0.2) is 37.0 Å². The van der Waals surface area contributed by atoms with Crippen molar-refractivity contribution in [1.29, 1.82) is 0 Å². The predicted molar refractivity (Wildman–Crippen MR) is 115 cm³/mol. The minimum Gasteiger partial charge on any atom is -0.486 e. The van der Waals surface area contributed by atoms with Gasteiger partial charge in [-0.1, -0.05) is 42.1 Å². The van der Waals surface area contributed by atoms with Crippen molar-refractivity contribution in [3.63, 3.8) is 0 Å². The van der Waals surface area contributed by atoms with Gasteiger partial charge in [0.05, 0.1) is 11.5 Å². The summed E-state index contributed by atoms with van der Waals surface area (Å²) >= 11 is 1.56. The maximum Gasteiger partial charge on any atom is 0.310 e. The summed E-state index contributed by atoms with van der Waals surface area (Å²) in [6.07, 6.45) is 4.22. The second kappa shape index (κ2) is 7.83. The lowest BCUT2D eigenvalue weighted by Crippen LogP contribution is -2.04. The molecule has 8 nitrogen and oxygen atoms in total. The van der Waals surface area contributed by atoms with Crippen LogP contribution in [0.4, 0.5) is 5.69 Å². The van der Waals surface area contributed by atoms with E-state index in [2.05, 4.69) is 25.8 Å². The van der Waals surface area contributed by atoms with E-state index < -0.39 is 4.92 Å². The Labute approximate surface area is 176 Å². The second-order valence-electron chi connectivity index (χ2n) is 7.08. The number of aromatic nitrogens is 4. The largest absolute Gasteiger partial charge is 0.486 e. The Bertz CT molecular complexity index is 1210. The summed E-state index contributed by atoms with van der Waals surface area (Å²) in [5.41, 5.74) is 2.10. The molecule has 0 amide bonds. The number of nitro benzene ring substituents is 1. The molecule has 2 aromatic heterocycles. The average Bonchev–Trinajstić information content (AvgIpc) is 3.37. The van der Waals surface area contributed by atoms with Gasteiger partial charge in [-0.15, -0.1) is 10.2 Å². The molecule has 1 saturated carbocycles. The van der Waals surface area contributed by atoms with Crippen LogP contribution < -0.4 is 4.74 Å². The summed E-state index contributed by atoms with van der Waals surface area (Å²) in [4.78, 5) is 14.0. The molecule has 9 heteroatoms. The van der Waals surface area contributed by atoms with Crippen molar-refractivity contribution in [3.8, 4) is 17.1 Å². The van der Waals surface area contributed by atoms with Gasteiger partial charge in [0, 0.05) is 40.5 Å². The lowest BCUT2D eigenvalue weighted by atomic mass is 10.1. The van der Waals surface area contributed by atoms with Crippen molar-refractivity contribution in [2.75, 3.05) is 12.4 Å². The first-order chi connectivity index (χ1) is 14.7. The number of thioether (sulfide) groups is 1. The standard InChI is InChI=1S/C21H19N5O3S/c27-26(28)18-7-3-4-8-19(18)29-11-12-30-21-24-23-20(25(21)14-9-10-14)16-13-22-17-6-2-1-5-15(16)17/h1-8,13-14,22H,9-12H2. The minimum absolute atomic E-state index is 0.0229. The zero-order valence-corrected chi connectivity index (χ0v) is 16.8. The Morgan fingerprint density at radius 1 is 1.17 bits per heavy atom. The van der Waals surface area contributed by atoms with E-state index in [1.54, 1.807) is 30.0 Å². The van der Waals surface area contributed by atoms with E-state index in [0.29, 0.717) is 18.4 Å². The highest BCUT2D eigenvalue weighted by atomic mass is 32.2. The molecule has 1 aliphatic rings. The maximum absolute atomic E-state index is 11.1. The first-order valence-electron chi connectivity index (χ1n) is 9.73. The fourth-order valence-electron chi connectivity index (χ4n) is 3.49.